The summed E-state index contributed by atoms with van der Waals surface area (Å²) >= 11 is 1.04. The molecule has 0 aliphatic heterocycles. The molecule has 2 aromatic carbocycles. The highest BCUT2D eigenvalue weighted by Crippen LogP contribution is 2.22. The fourth-order valence-electron chi connectivity index (χ4n) is 3.33. The molecule has 0 bridgehead atoms. The van der Waals surface area contributed by atoms with Gasteiger partial charge < -0.3 is 14.8 Å². The van der Waals surface area contributed by atoms with Crippen LogP contribution in [-0.2, 0) is 11.3 Å². The summed E-state index contributed by atoms with van der Waals surface area (Å²) in [5.74, 6) is -0.330. The first-order valence-corrected chi connectivity index (χ1v) is 11.3. The van der Waals surface area contributed by atoms with E-state index in [1.54, 1.807) is 42.1 Å². The van der Waals surface area contributed by atoms with Crippen LogP contribution in [0.4, 0.5) is 5.69 Å². The minimum Gasteiger partial charge on any atom is -0.497 e. The molecule has 0 saturated heterocycles. The zero-order valence-electron chi connectivity index (χ0n) is 18.4. The highest BCUT2D eigenvalue weighted by Gasteiger charge is 2.19. The molecular weight excluding hydrogens is 468 g/mol. The molecule has 3 heterocycles. The number of methoxy groups -OCH3 is 1. The van der Waals surface area contributed by atoms with E-state index in [2.05, 4.69) is 25.6 Å². The van der Waals surface area contributed by atoms with Crippen molar-refractivity contribution < 1.29 is 19.1 Å². The lowest BCUT2D eigenvalue weighted by Gasteiger charge is -2.05. The second-order valence-electron chi connectivity index (χ2n) is 7.25. The summed E-state index contributed by atoms with van der Waals surface area (Å²) in [5.41, 5.74) is 2.94. The van der Waals surface area contributed by atoms with E-state index in [4.69, 9.17) is 9.47 Å². The lowest BCUT2D eigenvalue weighted by Crippen LogP contribution is -2.11. The van der Waals surface area contributed by atoms with Gasteiger partial charge in [0.2, 0.25) is 5.01 Å². The van der Waals surface area contributed by atoms with E-state index in [0.29, 0.717) is 22.1 Å². The van der Waals surface area contributed by atoms with Crippen molar-refractivity contribution in [1.29, 1.82) is 0 Å². The molecule has 5 aromatic rings. The third-order valence-electron chi connectivity index (χ3n) is 5.03. The zero-order valence-corrected chi connectivity index (χ0v) is 19.2. The third kappa shape index (κ3) is 4.70. The molecule has 0 fully saturated rings. The van der Waals surface area contributed by atoms with Gasteiger partial charge in [-0.2, -0.15) is 5.10 Å². The lowest BCUT2D eigenvalue weighted by atomic mass is 10.1. The molecule has 0 radical (unpaired) electrons. The fourth-order valence-corrected chi connectivity index (χ4v) is 3.98. The first-order chi connectivity index (χ1) is 17.1. The quantitative estimate of drug-likeness (QED) is 0.344. The van der Waals surface area contributed by atoms with Crippen molar-refractivity contribution in [3.05, 3.63) is 88.6 Å². The number of aromatic nitrogens is 5. The molecule has 10 nitrogen and oxygen atoms in total. The summed E-state index contributed by atoms with van der Waals surface area (Å²) in [6.45, 7) is -0.137. The van der Waals surface area contributed by atoms with Crippen LogP contribution in [0.2, 0.25) is 0 Å². The van der Waals surface area contributed by atoms with Gasteiger partial charge >= 0.3 is 5.97 Å². The molecule has 0 aliphatic carbocycles. The van der Waals surface area contributed by atoms with Crippen LogP contribution in [0.15, 0.2) is 73.1 Å². The number of ether oxygens (including phenoxy) is 2. The number of rotatable bonds is 7. The van der Waals surface area contributed by atoms with Crippen molar-refractivity contribution in [2.24, 2.45) is 0 Å². The maximum Gasteiger partial charge on any atom is 0.344 e. The highest BCUT2D eigenvalue weighted by atomic mass is 32.1. The first-order valence-electron chi connectivity index (χ1n) is 10.5. The Balaban J connectivity index is 1.25. The van der Waals surface area contributed by atoms with Crippen molar-refractivity contribution in [2.75, 3.05) is 12.4 Å². The van der Waals surface area contributed by atoms with E-state index in [1.807, 2.05) is 36.4 Å². The van der Waals surface area contributed by atoms with Crippen LogP contribution in [0.25, 0.3) is 16.9 Å². The van der Waals surface area contributed by atoms with Gasteiger partial charge in [0.15, 0.2) is 10.7 Å². The van der Waals surface area contributed by atoms with Gasteiger partial charge in [0, 0.05) is 17.4 Å². The number of nitrogens with one attached hydrogen (secondary N) is 1. The number of carbonyl (C=O) groups is 2. The number of carbonyl (C=O) groups excluding carboxylic acids is 2. The fraction of sp³-hybridized carbons (Fsp3) is 0.0833. The Morgan fingerprint density at radius 3 is 2.60 bits per heavy atom. The summed E-state index contributed by atoms with van der Waals surface area (Å²) in [6.07, 6.45) is 3.04. The van der Waals surface area contributed by atoms with E-state index in [1.165, 1.54) is 6.20 Å². The van der Waals surface area contributed by atoms with Crippen molar-refractivity contribution >= 4 is 34.5 Å². The number of hydrogen-bond donors (Lipinski definition) is 1. The summed E-state index contributed by atoms with van der Waals surface area (Å²) < 4.78 is 12.1. The molecule has 0 spiro atoms. The van der Waals surface area contributed by atoms with E-state index in [-0.39, 0.29) is 17.2 Å². The van der Waals surface area contributed by atoms with Crippen molar-refractivity contribution in [2.45, 2.75) is 6.61 Å². The topological polar surface area (TPSA) is 121 Å². The van der Waals surface area contributed by atoms with Crippen molar-refractivity contribution in [3.63, 3.8) is 0 Å². The first kappa shape index (κ1) is 22.2. The lowest BCUT2D eigenvalue weighted by molar-refractivity contribution is 0.0473. The number of hydrogen-bond acceptors (Lipinski definition) is 9. The SMILES string of the molecule is COc1ccc(NC(=O)c2nnc(COC(=O)c3cnn4c(-c5ccccc5)ccnc34)s2)cc1. The molecule has 3 aromatic heterocycles. The Labute approximate surface area is 203 Å². The predicted molar refractivity (Wildman–Crippen MR) is 128 cm³/mol. The monoisotopic (exact) mass is 486 g/mol. The van der Waals surface area contributed by atoms with Gasteiger partial charge in [-0.05, 0) is 30.3 Å². The minimum atomic E-state index is -0.600. The number of anilines is 1. The van der Waals surface area contributed by atoms with Crippen molar-refractivity contribution in [1.82, 2.24) is 24.8 Å². The molecule has 5 rings (SSSR count). The van der Waals surface area contributed by atoms with E-state index in [9.17, 15) is 9.59 Å². The number of fused-ring (bicyclic) bond motifs is 1. The highest BCUT2D eigenvalue weighted by molar-refractivity contribution is 7.13. The molecule has 1 amide bonds. The second kappa shape index (κ2) is 9.69. The molecule has 174 valence electrons. The van der Waals surface area contributed by atoms with Gasteiger partial charge in [-0.3, -0.25) is 4.79 Å². The number of nitrogens with zero attached hydrogens (tertiary/aromatic N) is 5. The van der Waals surface area contributed by atoms with Crippen LogP contribution < -0.4 is 10.1 Å². The Morgan fingerprint density at radius 2 is 1.83 bits per heavy atom. The smallest absolute Gasteiger partial charge is 0.344 e. The molecule has 0 atom stereocenters. The number of amides is 1. The average molecular weight is 487 g/mol. The van der Waals surface area contributed by atoms with E-state index >= 15 is 0 Å². The van der Waals surface area contributed by atoms with Crippen LogP contribution >= 0.6 is 11.3 Å². The van der Waals surface area contributed by atoms with Gasteiger partial charge in [-0.1, -0.05) is 41.7 Å². The Hall–Kier alpha value is -4.64. The van der Waals surface area contributed by atoms with Gasteiger partial charge in [0.05, 0.1) is 19.0 Å². The molecule has 35 heavy (non-hydrogen) atoms. The summed E-state index contributed by atoms with van der Waals surface area (Å²) in [4.78, 5) is 29.5. The number of benzene rings is 2. The second-order valence-corrected chi connectivity index (χ2v) is 8.31. The maximum absolute atomic E-state index is 12.7. The maximum atomic E-state index is 12.7. The summed E-state index contributed by atoms with van der Waals surface area (Å²) in [6, 6.07) is 18.4. The predicted octanol–water partition coefficient (Wildman–Crippen LogP) is 3.87. The van der Waals surface area contributed by atoms with E-state index < -0.39 is 11.9 Å². The zero-order chi connectivity index (χ0) is 24.2. The largest absolute Gasteiger partial charge is 0.497 e. The molecule has 0 aliphatic rings. The minimum absolute atomic E-state index is 0.137. The Bertz CT molecular complexity index is 1500. The van der Waals surface area contributed by atoms with Gasteiger partial charge in [-0.15, -0.1) is 10.2 Å². The molecule has 0 saturated carbocycles. The summed E-state index contributed by atoms with van der Waals surface area (Å²) in [5, 5.41) is 15.4. The standard InChI is InChI=1S/C24H18N6O4S/c1-33-17-9-7-16(8-10-17)27-22(31)23-29-28-20(35-23)14-34-24(32)18-13-26-30-19(11-12-25-21(18)30)15-5-3-2-4-6-15/h2-13H,14H2,1H3,(H,27,31). The molecule has 0 unspecified atom stereocenters. The molecule has 11 heteroatoms. The van der Waals surface area contributed by atoms with Crippen LogP contribution in [0, 0.1) is 0 Å². The van der Waals surface area contributed by atoms with Crippen LogP contribution in [0.1, 0.15) is 25.2 Å². The van der Waals surface area contributed by atoms with Gasteiger partial charge in [-0.25, -0.2) is 14.3 Å². The van der Waals surface area contributed by atoms with Crippen molar-refractivity contribution in [3.8, 4) is 17.0 Å². The van der Waals surface area contributed by atoms with Gasteiger partial charge in [0.1, 0.15) is 17.9 Å². The van der Waals surface area contributed by atoms with Crippen LogP contribution in [0.5, 0.6) is 5.75 Å². The van der Waals surface area contributed by atoms with Crippen LogP contribution in [-0.4, -0.2) is 43.8 Å². The molecular formula is C24H18N6O4S. The Morgan fingerprint density at radius 1 is 1.03 bits per heavy atom. The third-order valence-corrected chi connectivity index (χ3v) is 5.92. The average Bonchev–Trinajstić information content (AvgIpc) is 3.56. The normalized spacial score (nSPS) is 10.8. The van der Waals surface area contributed by atoms with E-state index in [0.717, 1.165) is 22.6 Å². The summed E-state index contributed by atoms with van der Waals surface area (Å²) in [7, 11) is 1.57. The number of esters is 1. The molecule has 1 N–H and O–H groups in total. The van der Waals surface area contributed by atoms with Crippen LogP contribution in [0.3, 0.4) is 0 Å². The van der Waals surface area contributed by atoms with Gasteiger partial charge in [0.25, 0.3) is 5.91 Å². The Kier molecular flexibility index (Phi) is 6.14.